The zero-order valence-electron chi connectivity index (χ0n) is 21.3. The summed E-state index contributed by atoms with van der Waals surface area (Å²) in [5.41, 5.74) is 7.07. The van der Waals surface area contributed by atoms with Crippen molar-refractivity contribution in [3.05, 3.63) is 66.2 Å². The van der Waals surface area contributed by atoms with Gasteiger partial charge in [-0.25, -0.2) is 21.8 Å². The van der Waals surface area contributed by atoms with Gasteiger partial charge < -0.3 is 19.9 Å². The minimum absolute atomic E-state index is 0. The topological polar surface area (TPSA) is 198 Å². The number of hydrogen-bond donors (Lipinski definition) is 2. The van der Waals surface area contributed by atoms with Crippen LogP contribution >= 0.6 is 11.3 Å². The Hall–Kier alpha value is -1.95. The first-order valence-corrected chi connectivity index (χ1v) is 14.4. The second-order valence-corrected chi connectivity index (χ2v) is 12.0. The summed E-state index contributed by atoms with van der Waals surface area (Å²) in [5.74, 6) is -0.671. The summed E-state index contributed by atoms with van der Waals surface area (Å²) >= 11 is 1.19. The molecule has 5 rings (SSSR count). The van der Waals surface area contributed by atoms with Crippen LogP contribution in [-0.4, -0.2) is 36.0 Å². The average Bonchev–Trinajstić information content (AvgIpc) is 3.27. The SMILES string of the molecule is Cc1ccc(N=Nc2c(S(=O)(=O)[O-])cc3c(ccc4nc(-c5ccccc5N)sc43)c2O)c(S(=O)(=O)[O-])c1.[Na+].[Na+]. The Kier molecular flexibility index (Phi) is 9.86. The Morgan fingerprint density at radius 1 is 0.875 bits per heavy atom. The van der Waals surface area contributed by atoms with Crippen LogP contribution < -0.4 is 64.8 Å². The molecule has 4 aromatic carbocycles. The van der Waals surface area contributed by atoms with E-state index >= 15 is 0 Å². The fourth-order valence-corrected chi connectivity index (χ4v) is 6.37. The molecule has 0 bridgehead atoms. The standard InChI is InChI=1S/C24H18N4O7S3.2Na/c1-12-6-8-17(19(10-12)37(30,31)32)27-28-21-20(38(33,34)35)11-15-13(22(21)29)7-9-18-23(15)36-24(26-18)14-4-2-3-5-16(14)25;;/h2-11,29H,25H2,1H3,(H,30,31,32)(H,33,34,35);;/q;2*+1/p-2. The van der Waals surface area contributed by atoms with Gasteiger partial charge in [0.1, 0.15) is 36.6 Å². The first kappa shape index (κ1) is 32.6. The van der Waals surface area contributed by atoms with E-state index in [0.717, 1.165) is 12.1 Å². The van der Waals surface area contributed by atoms with Crippen LogP contribution in [0.25, 0.3) is 31.6 Å². The number of rotatable bonds is 5. The Morgan fingerprint density at radius 3 is 2.20 bits per heavy atom. The summed E-state index contributed by atoms with van der Waals surface area (Å²) in [6, 6.07) is 14.9. The number of benzene rings is 4. The maximum atomic E-state index is 12.2. The van der Waals surface area contributed by atoms with Crippen LogP contribution in [-0.2, 0) is 20.2 Å². The van der Waals surface area contributed by atoms with E-state index in [1.165, 1.54) is 29.5 Å². The maximum absolute atomic E-state index is 12.2. The van der Waals surface area contributed by atoms with Crippen LogP contribution in [0, 0.1) is 6.92 Å². The van der Waals surface area contributed by atoms with Crippen molar-refractivity contribution >= 4 is 69.6 Å². The zero-order valence-corrected chi connectivity index (χ0v) is 27.8. The van der Waals surface area contributed by atoms with Crippen LogP contribution in [0.5, 0.6) is 5.75 Å². The summed E-state index contributed by atoms with van der Waals surface area (Å²) in [7, 11) is -10.1. The van der Waals surface area contributed by atoms with Gasteiger partial charge in [0.2, 0.25) is 0 Å². The van der Waals surface area contributed by atoms with Crippen LogP contribution in [0.3, 0.4) is 0 Å². The number of nitrogens with zero attached hydrogens (tertiary/aromatic N) is 3. The molecule has 0 saturated carbocycles. The van der Waals surface area contributed by atoms with E-state index in [2.05, 4.69) is 15.2 Å². The van der Waals surface area contributed by atoms with Crippen LogP contribution in [0.1, 0.15) is 5.56 Å². The molecule has 1 heterocycles. The van der Waals surface area contributed by atoms with Crippen molar-refractivity contribution in [1.29, 1.82) is 0 Å². The Bertz CT molecular complexity index is 2030. The maximum Gasteiger partial charge on any atom is 1.00 e. The number of phenols is 1. The molecule has 0 radical (unpaired) electrons. The third-order valence-corrected chi connectivity index (χ3v) is 8.54. The third kappa shape index (κ3) is 6.27. The van der Waals surface area contributed by atoms with Crippen molar-refractivity contribution in [3.8, 4) is 16.3 Å². The van der Waals surface area contributed by atoms with Gasteiger partial charge in [0.05, 0.1) is 20.0 Å². The van der Waals surface area contributed by atoms with Crippen LogP contribution in [0.2, 0.25) is 0 Å². The molecule has 40 heavy (non-hydrogen) atoms. The molecule has 0 aliphatic carbocycles. The number of aromatic nitrogens is 1. The Morgan fingerprint density at radius 2 is 1.55 bits per heavy atom. The minimum atomic E-state index is -5.20. The summed E-state index contributed by atoms with van der Waals surface area (Å²) in [5, 5.41) is 19.3. The molecule has 0 unspecified atom stereocenters. The molecule has 1 aromatic heterocycles. The number of phenolic OH excluding ortho intramolecular Hbond substituents is 1. The Balaban J connectivity index is 0.00000220. The number of fused-ring (bicyclic) bond motifs is 3. The fourth-order valence-electron chi connectivity index (χ4n) is 3.91. The molecule has 11 nitrogen and oxygen atoms in total. The number of hydrogen-bond acceptors (Lipinski definition) is 12. The summed E-state index contributed by atoms with van der Waals surface area (Å²) in [6.07, 6.45) is 0. The number of aryl methyl sites for hydroxylation is 1. The number of anilines is 1. The second-order valence-electron chi connectivity index (χ2n) is 8.27. The molecule has 0 saturated heterocycles. The van der Waals surface area contributed by atoms with Gasteiger partial charge in [0.15, 0.2) is 5.75 Å². The van der Waals surface area contributed by atoms with E-state index in [1.54, 1.807) is 37.3 Å². The van der Waals surface area contributed by atoms with E-state index in [9.17, 15) is 31.0 Å². The minimum Gasteiger partial charge on any atom is -0.744 e. The number of aromatic hydroxyl groups is 1. The second kappa shape index (κ2) is 12.1. The summed E-state index contributed by atoms with van der Waals surface area (Å²) in [6.45, 7) is 1.56. The summed E-state index contributed by atoms with van der Waals surface area (Å²) in [4.78, 5) is 2.98. The number of nitrogens with two attached hydrogens (primary N) is 1. The van der Waals surface area contributed by atoms with Crippen molar-refractivity contribution in [2.75, 3.05) is 5.73 Å². The zero-order chi connectivity index (χ0) is 27.4. The molecular weight excluding hydrogens is 598 g/mol. The average molecular weight is 615 g/mol. The van der Waals surface area contributed by atoms with E-state index < -0.39 is 41.5 Å². The monoisotopic (exact) mass is 614 g/mol. The predicted molar refractivity (Wildman–Crippen MR) is 140 cm³/mol. The number of para-hydroxylation sites is 1. The van der Waals surface area contributed by atoms with Crippen molar-refractivity contribution in [3.63, 3.8) is 0 Å². The normalized spacial score (nSPS) is 12.0. The van der Waals surface area contributed by atoms with Crippen LogP contribution in [0.15, 0.2) is 80.7 Å². The molecule has 16 heteroatoms. The van der Waals surface area contributed by atoms with Gasteiger partial charge in [0.25, 0.3) is 0 Å². The molecule has 0 aliphatic rings. The molecule has 5 aromatic rings. The quantitative estimate of drug-likeness (QED) is 0.107. The molecule has 0 atom stereocenters. The van der Waals surface area contributed by atoms with E-state index in [4.69, 9.17) is 5.73 Å². The van der Waals surface area contributed by atoms with Gasteiger partial charge in [-0.05, 0) is 55.0 Å². The van der Waals surface area contributed by atoms with E-state index in [1.807, 2.05) is 0 Å². The first-order chi connectivity index (χ1) is 17.8. The Labute approximate surface area is 277 Å². The molecular formula is C24H16N4Na2O7S3. The van der Waals surface area contributed by atoms with Gasteiger partial charge in [-0.2, -0.15) is 0 Å². The molecule has 0 fully saturated rings. The van der Waals surface area contributed by atoms with Gasteiger partial charge in [-0.15, -0.1) is 21.6 Å². The largest absolute Gasteiger partial charge is 1.00 e. The van der Waals surface area contributed by atoms with Crippen LogP contribution in [0.4, 0.5) is 17.1 Å². The van der Waals surface area contributed by atoms with Gasteiger partial charge in [-0.1, -0.05) is 18.2 Å². The smallest absolute Gasteiger partial charge is 0.744 e. The number of azo groups is 1. The third-order valence-electron chi connectivity index (χ3n) is 5.69. The molecule has 194 valence electrons. The fraction of sp³-hybridized carbons (Fsp3) is 0.0417. The van der Waals surface area contributed by atoms with Gasteiger partial charge in [-0.3, -0.25) is 0 Å². The number of nitrogen functional groups attached to an aromatic ring is 1. The molecule has 0 aliphatic heterocycles. The number of thiazole rings is 1. The molecule has 0 amide bonds. The van der Waals surface area contributed by atoms with E-state index in [0.29, 0.717) is 32.0 Å². The first-order valence-electron chi connectivity index (χ1n) is 10.7. The van der Waals surface area contributed by atoms with Crippen molar-refractivity contribution in [1.82, 2.24) is 4.98 Å². The van der Waals surface area contributed by atoms with E-state index in [-0.39, 0.29) is 75.6 Å². The van der Waals surface area contributed by atoms with Crippen molar-refractivity contribution < 1.29 is 90.2 Å². The van der Waals surface area contributed by atoms with Crippen molar-refractivity contribution in [2.24, 2.45) is 10.2 Å². The molecule has 3 N–H and O–H groups in total. The van der Waals surface area contributed by atoms with Gasteiger partial charge >= 0.3 is 59.1 Å². The summed E-state index contributed by atoms with van der Waals surface area (Å²) < 4.78 is 72.1. The predicted octanol–water partition coefficient (Wildman–Crippen LogP) is -1.06. The molecule has 0 spiro atoms. The van der Waals surface area contributed by atoms with Gasteiger partial charge in [0, 0.05) is 22.0 Å². The van der Waals surface area contributed by atoms with Crippen molar-refractivity contribution in [2.45, 2.75) is 16.7 Å².